The highest BCUT2D eigenvalue weighted by molar-refractivity contribution is 5.23. The minimum Gasteiger partial charge on any atom is -0.392 e. The molecule has 3 fully saturated rings. The number of hydrogen-bond donors (Lipinski definition) is 1. The van der Waals surface area contributed by atoms with E-state index in [4.69, 9.17) is 0 Å². The Hall–Kier alpha value is -0.300. The molecular formula is C12H16O. The van der Waals surface area contributed by atoms with Gasteiger partial charge in [0.2, 0.25) is 0 Å². The molecule has 1 unspecified atom stereocenters. The maximum absolute atomic E-state index is 10.0. The molecule has 0 amide bonds. The van der Waals surface area contributed by atoms with Crippen LogP contribution in [-0.4, -0.2) is 11.2 Å². The molecule has 0 heterocycles. The fourth-order valence-corrected chi connectivity index (χ4v) is 4.98. The molecular weight excluding hydrogens is 160 g/mol. The lowest BCUT2D eigenvalue weighted by atomic mass is 9.73. The lowest BCUT2D eigenvalue weighted by Gasteiger charge is -2.31. The Kier molecular flexibility index (Phi) is 1.10. The molecule has 0 aromatic rings. The highest BCUT2D eigenvalue weighted by Crippen LogP contribution is 2.65. The zero-order chi connectivity index (χ0) is 8.58. The molecule has 4 bridgehead atoms. The van der Waals surface area contributed by atoms with Gasteiger partial charge in [0.15, 0.2) is 0 Å². The first-order valence-corrected chi connectivity index (χ1v) is 5.72. The quantitative estimate of drug-likeness (QED) is 0.441. The van der Waals surface area contributed by atoms with E-state index in [9.17, 15) is 5.11 Å². The molecule has 13 heavy (non-hydrogen) atoms. The zero-order valence-corrected chi connectivity index (χ0v) is 7.76. The summed E-state index contributed by atoms with van der Waals surface area (Å²) in [5.74, 6) is 4.80. The lowest BCUT2D eigenvalue weighted by Crippen LogP contribution is -2.25. The Morgan fingerprint density at radius 3 is 2.00 bits per heavy atom. The summed E-state index contributed by atoms with van der Waals surface area (Å²) in [5, 5.41) is 10.0. The van der Waals surface area contributed by atoms with E-state index in [1.54, 1.807) is 0 Å². The lowest BCUT2D eigenvalue weighted by molar-refractivity contribution is 0.118. The van der Waals surface area contributed by atoms with Crippen LogP contribution in [0.25, 0.3) is 0 Å². The van der Waals surface area contributed by atoms with Crippen LogP contribution in [0.15, 0.2) is 12.2 Å². The van der Waals surface area contributed by atoms with Gasteiger partial charge in [-0.3, -0.25) is 0 Å². The summed E-state index contributed by atoms with van der Waals surface area (Å²) in [7, 11) is 0. The van der Waals surface area contributed by atoms with Gasteiger partial charge in [-0.05, 0) is 42.9 Å². The summed E-state index contributed by atoms with van der Waals surface area (Å²) in [6.45, 7) is 0. The van der Waals surface area contributed by atoms with Gasteiger partial charge < -0.3 is 5.11 Å². The summed E-state index contributed by atoms with van der Waals surface area (Å²) in [4.78, 5) is 0. The Bertz CT molecular complexity index is 257. The number of hydrogen-bond acceptors (Lipinski definition) is 1. The Labute approximate surface area is 78.8 Å². The number of aliphatic hydroxyl groups excluding tert-OH is 1. The van der Waals surface area contributed by atoms with Gasteiger partial charge in [0.1, 0.15) is 0 Å². The van der Waals surface area contributed by atoms with Gasteiger partial charge in [-0.2, -0.15) is 0 Å². The van der Waals surface area contributed by atoms with Crippen LogP contribution in [0.3, 0.4) is 0 Å². The number of aliphatic hydroxyl groups is 1. The molecule has 0 aromatic heterocycles. The number of rotatable bonds is 0. The third-order valence-electron chi connectivity index (χ3n) is 5.28. The second-order valence-corrected chi connectivity index (χ2v) is 5.52. The molecule has 1 nitrogen and oxygen atoms in total. The van der Waals surface area contributed by atoms with E-state index < -0.39 is 0 Å². The molecule has 70 valence electrons. The molecule has 4 aliphatic rings. The summed E-state index contributed by atoms with van der Waals surface area (Å²) >= 11 is 0. The average molecular weight is 176 g/mol. The van der Waals surface area contributed by atoms with Gasteiger partial charge in [0, 0.05) is 11.8 Å². The highest BCUT2D eigenvalue weighted by atomic mass is 16.3. The van der Waals surface area contributed by atoms with Gasteiger partial charge in [-0.15, -0.1) is 0 Å². The van der Waals surface area contributed by atoms with Crippen LogP contribution >= 0.6 is 0 Å². The van der Waals surface area contributed by atoms with Gasteiger partial charge in [-0.25, -0.2) is 0 Å². The van der Waals surface area contributed by atoms with E-state index in [1.165, 1.54) is 19.3 Å². The molecule has 1 heteroatoms. The predicted octanol–water partition coefficient (Wildman–Crippen LogP) is 1.83. The van der Waals surface area contributed by atoms with Crippen molar-refractivity contribution in [2.45, 2.75) is 25.4 Å². The average Bonchev–Trinajstić information content (AvgIpc) is 2.84. The molecule has 0 saturated heterocycles. The molecule has 4 aliphatic carbocycles. The van der Waals surface area contributed by atoms with Crippen molar-refractivity contribution in [2.75, 3.05) is 0 Å². The summed E-state index contributed by atoms with van der Waals surface area (Å²) < 4.78 is 0. The third-order valence-corrected chi connectivity index (χ3v) is 5.28. The topological polar surface area (TPSA) is 20.2 Å². The fourth-order valence-electron chi connectivity index (χ4n) is 4.98. The minimum atomic E-state index is -0.00148. The van der Waals surface area contributed by atoms with Crippen molar-refractivity contribution in [2.24, 2.45) is 35.5 Å². The summed E-state index contributed by atoms with van der Waals surface area (Å²) in [5.41, 5.74) is 0. The highest BCUT2D eigenvalue weighted by Gasteiger charge is 2.61. The molecule has 3 saturated carbocycles. The van der Waals surface area contributed by atoms with Crippen molar-refractivity contribution < 1.29 is 5.11 Å². The molecule has 1 N–H and O–H groups in total. The largest absolute Gasteiger partial charge is 0.392 e. The Morgan fingerprint density at radius 1 is 0.923 bits per heavy atom. The van der Waals surface area contributed by atoms with Crippen molar-refractivity contribution in [3.63, 3.8) is 0 Å². The Morgan fingerprint density at radius 2 is 1.46 bits per heavy atom. The predicted molar refractivity (Wildman–Crippen MR) is 49.9 cm³/mol. The maximum Gasteiger partial charge on any atom is 0.0671 e. The second kappa shape index (κ2) is 2.03. The van der Waals surface area contributed by atoms with Crippen molar-refractivity contribution in [1.82, 2.24) is 0 Å². The van der Waals surface area contributed by atoms with Crippen LogP contribution in [0.1, 0.15) is 19.3 Å². The molecule has 0 spiro atoms. The molecule has 4 rings (SSSR count). The van der Waals surface area contributed by atoms with Crippen molar-refractivity contribution in [3.8, 4) is 0 Å². The van der Waals surface area contributed by atoms with Gasteiger partial charge in [0.05, 0.1) is 6.10 Å². The first kappa shape index (κ1) is 7.05. The standard InChI is InChI=1S/C12H16O/c13-12-8-3-4-9(12)11-7-2-1-6(5-7)10(8)11/h3-4,6-13H,1-2,5H2/t6-,7+,8+,9-,10-,11+,12?. The molecule has 0 aromatic carbocycles. The van der Waals surface area contributed by atoms with Crippen LogP contribution in [0.2, 0.25) is 0 Å². The van der Waals surface area contributed by atoms with E-state index in [0.717, 1.165) is 23.7 Å². The third kappa shape index (κ3) is 0.633. The summed E-state index contributed by atoms with van der Waals surface area (Å²) in [6.07, 6.45) is 8.99. The minimum absolute atomic E-state index is 0.00148. The fraction of sp³-hybridized carbons (Fsp3) is 0.833. The SMILES string of the molecule is OC1[C@H]2C=C[C@@H]1[C@@H]1[C@H]3CC[C@H](C3)[C@@H]12. The number of fused-ring (bicyclic) bond motifs is 9. The normalized spacial score (nSPS) is 66.4. The van der Waals surface area contributed by atoms with Crippen molar-refractivity contribution in [3.05, 3.63) is 12.2 Å². The van der Waals surface area contributed by atoms with Crippen LogP contribution in [0.5, 0.6) is 0 Å². The van der Waals surface area contributed by atoms with E-state index in [1.807, 2.05) is 0 Å². The van der Waals surface area contributed by atoms with E-state index in [2.05, 4.69) is 12.2 Å². The van der Waals surface area contributed by atoms with Gasteiger partial charge in [-0.1, -0.05) is 12.2 Å². The molecule has 0 radical (unpaired) electrons. The van der Waals surface area contributed by atoms with E-state index >= 15 is 0 Å². The first-order chi connectivity index (χ1) is 6.36. The van der Waals surface area contributed by atoms with E-state index in [0.29, 0.717) is 11.8 Å². The van der Waals surface area contributed by atoms with Gasteiger partial charge >= 0.3 is 0 Å². The summed E-state index contributed by atoms with van der Waals surface area (Å²) in [6, 6.07) is 0. The van der Waals surface area contributed by atoms with Crippen molar-refractivity contribution in [1.29, 1.82) is 0 Å². The first-order valence-electron chi connectivity index (χ1n) is 5.72. The van der Waals surface area contributed by atoms with Crippen LogP contribution in [0.4, 0.5) is 0 Å². The smallest absolute Gasteiger partial charge is 0.0671 e. The zero-order valence-electron chi connectivity index (χ0n) is 7.76. The van der Waals surface area contributed by atoms with Crippen LogP contribution < -0.4 is 0 Å². The van der Waals surface area contributed by atoms with Crippen LogP contribution in [0, 0.1) is 35.5 Å². The van der Waals surface area contributed by atoms with Crippen molar-refractivity contribution >= 4 is 0 Å². The van der Waals surface area contributed by atoms with Crippen LogP contribution in [-0.2, 0) is 0 Å². The van der Waals surface area contributed by atoms with Gasteiger partial charge in [0.25, 0.3) is 0 Å². The molecule has 0 aliphatic heterocycles. The Balaban J connectivity index is 1.81. The molecule has 7 atom stereocenters. The second-order valence-electron chi connectivity index (χ2n) is 5.52. The monoisotopic (exact) mass is 176 g/mol. The maximum atomic E-state index is 10.0. The van der Waals surface area contributed by atoms with E-state index in [-0.39, 0.29) is 6.10 Å².